The number of rotatable bonds is 3. The Balaban J connectivity index is 2.41. The summed E-state index contributed by atoms with van der Waals surface area (Å²) in [6.45, 7) is 3.74. The molecule has 1 aliphatic heterocycles. The van der Waals surface area contributed by atoms with Crippen LogP contribution in [0.1, 0.15) is 25.5 Å². The van der Waals surface area contributed by atoms with E-state index in [-0.39, 0.29) is 6.03 Å². The van der Waals surface area contributed by atoms with Crippen LogP contribution in [0.15, 0.2) is 41.6 Å². The van der Waals surface area contributed by atoms with E-state index in [1.165, 1.54) is 0 Å². The molecule has 0 radical (unpaired) electrons. The number of nitrogens with one attached hydrogen (secondary N) is 2. The number of carbonyl (C=O) groups is 2. The Morgan fingerprint density at radius 1 is 1.32 bits per heavy atom. The van der Waals surface area contributed by atoms with Crippen LogP contribution < -0.4 is 10.6 Å². The molecule has 0 aromatic heterocycles. The van der Waals surface area contributed by atoms with Crippen molar-refractivity contribution in [2.75, 3.05) is 6.61 Å². The first-order valence-corrected chi connectivity index (χ1v) is 6.13. The fourth-order valence-corrected chi connectivity index (χ4v) is 2.07. The predicted molar refractivity (Wildman–Crippen MR) is 70.2 cm³/mol. The number of carbonyl (C=O) groups excluding carboxylic acids is 2. The maximum atomic E-state index is 12.0. The second-order valence-corrected chi connectivity index (χ2v) is 4.20. The van der Waals surface area contributed by atoms with E-state index < -0.39 is 12.0 Å². The van der Waals surface area contributed by atoms with Gasteiger partial charge in [0.2, 0.25) is 0 Å². The fourth-order valence-electron chi connectivity index (χ4n) is 2.07. The largest absolute Gasteiger partial charge is 0.463 e. The molecule has 0 bridgehead atoms. The highest BCUT2D eigenvalue weighted by Gasteiger charge is 2.31. The molecule has 1 aromatic carbocycles. The lowest BCUT2D eigenvalue weighted by molar-refractivity contribution is -0.139. The molecule has 2 N–H and O–H groups in total. The van der Waals surface area contributed by atoms with E-state index in [2.05, 4.69) is 10.6 Å². The summed E-state index contributed by atoms with van der Waals surface area (Å²) in [5, 5.41) is 5.34. The summed E-state index contributed by atoms with van der Waals surface area (Å²) >= 11 is 0. The second kappa shape index (κ2) is 5.56. The summed E-state index contributed by atoms with van der Waals surface area (Å²) in [6, 6.07) is 8.54. The fraction of sp³-hybridized carbons (Fsp3) is 0.286. The first kappa shape index (κ1) is 13.1. The van der Waals surface area contributed by atoms with Gasteiger partial charge >= 0.3 is 12.0 Å². The molecule has 100 valence electrons. The van der Waals surface area contributed by atoms with Gasteiger partial charge in [-0.15, -0.1) is 0 Å². The van der Waals surface area contributed by atoms with E-state index >= 15 is 0 Å². The van der Waals surface area contributed by atoms with Crippen LogP contribution in [0.4, 0.5) is 4.79 Å². The Kier molecular flexibility index (Phi) is 3.85. The number of allylic oxidation sites excluding steroid dienone is 1. The van der Waals surface area contributed by atoms with Crippen molar-refractivity contribution in [3.8, 4) is 0 Å². The molecule has 5 nitrogen and oxygen atoms in total. The van der Waals surface area contributed by atoms with Crippen LogP contribution in [0.5, 0.6) is 0 Å². The first-order chi connectivity index (χ1) is 9.13. The Hall–Kier alpha value is -2.30. The summed E-state index contributed by atoms with van der Waals surface area (Å²) in [4.78, 5) is 23.6. The number of ether oxygens (including phenoxy) is 1. The van der Waals surface area contributed by atoms with E-state index in [1.807, 2.05) is 30.3 Å². The highest BCUT2D eigenvalue weighted by atomic mass is 16.5. The van der Waals surface area contributed by atoms with Gasteiger partial charge in [-0.1, -0.05) is 30.3 Å². The summed E-state index contributed by atoms with van der Waals surface area (Å²) in [5.41, 5.74) is 1.81. The van der Waals surface area contributed by atoms with Crippen molar-refractivity contribution in [2.45, 2.75) is 19.9 Å². The second-order valence-electron chi connectivity index (χ2n) is 4.20. The van der Waals surface area contributed by atoms with Gasteiger partial charge in [0.05, 0.1) is 18.2 Å². The highest BCUT2D eigenvalue weighted by Crippen LogP contribution is 2.27. The van der Waals surface area contributed by atoms with E-state index in [1.54, 1.807) is 13.8 Å². The molecule has 5 heteroatoms. The smallest absolute Gasteiger partial charge is 0.338 e. The van der Waals surface area contributed by atoms with Crippen LogP contribution in [0, 0.1) is 0 Å². The first-order valence-electron chi connectivity index (χ1n) is 6.13. The molecule has 1 atom stereocenters. The third-order valence-electron chi connectivity index (χ3n) is 2.90. The van der Waals surface area contributed by atoms with Crippen LogP contribution in [0.3, 0.4) is 0 Å². The number of amides is 2. The van der Waals surface area contributed by atoms with Crippen molar-refractivity contribution in [3.63, 3.8) is 0 Å². The minimum absolute atomic E-state index is 0.297. The molecule has 0 saturated carbocycles. The highest BCUT2D eigenvalue weighted by molar-refractivity contribution is 5.94. The molecule has 0 spiro atoms. The number of hydrogen-bond donors (Lipinski definition) is 2. The lowest BCUT2D eigenvalue weighted by Crippen LogP contribution is -2.45. The predicted octanol–water partition coefficient (Wildman–Crippen LogP) is 1.88. The van der Waals surface area contributed by atoms with Gasteiger partial charge in [-0.3, -0.25) is 0 Å². The summed E-state index contributed by atoms with van der Waals surface area (Å²) in [6.07, 6.45) is 0. The molecular weight excluding hydrogens is 244 g/mol. The Morgan fingerprint density at radius 3 is 2.63 bits per heavy atom. The Bertz CT molecular complexity index is 523. The molecule has 0 aliphatic carbocycles. The van der Waals surface area contributed by atoms with Gasteiger partial charge in [0.15, 0.2) is 0 Å². The summed E-state index contributed by atoms with van der Waals surface area (Å²) in [5.74, 6) is -0.415. The Morgan fingerprint density at radius 2 is 2.00 bits per heavy atom. The zero-order valence-electron chi connectivity index (χ0n) is 10.9. The van der Waals surface area contributed by atoms with Gasteiger partial charge in [0.25, 0.3) is 0 Å². The molecule has 1 aromatic rings. The number of esters is 1. The third kappa shape index (κ3) is 2.76. The van der Waals surface area contributed by atoms with Crippen LogP contribution in [0.25, 0.3) is 0 Å². The van der Waals surface area contributed by atoms with Crippen LogP contribution in [0.2, 0.25) is 0 Å². The quantitative estimate of drug-likeness (QED) is 0.815. The average Bonchev–Trinajstić information content (AvgIpc) is 2.39. The zero-order valence-corrected chi connectivity index (χ0v) is 10.9. The van der Waals surface area contributed by atoms with Crippen molar-refractivity contribution >= 4 is 12.0 Å². The molecule has 2 amide bonds. The van der Waals surface area contributed by atoms with E-state index in [0.29, 0.717) is 17.9 Å². The van der Waals surface area contributed by atoms with Crippen molar-refractivity contribution in [1.82, 2.24) is 10.6 Å². The topological polar surface area (TPSA) is 67.4 Å². The zero-order chi connectivity index (χ0) is 13.8. The summed E-state index contributed by atoms with van der Waals surface area (Å²) in [7, 11) is 0. The average molecular weight is 260 g/mol. The van der Waals surface area contributed by atoms with Gasteiger partial charge in [-0.25, -0.2) is 9.59 Å². The minimum atomic E-state index is -0.478. The molecule has 0 saturated heterocycles. The molecule has 2 rings (SSSR count). The van der Waals surface area contributed by atoms with Gasteiger partial charge in [-0.2, -0.15) is 0 Å². The normalized spacial score (nSPS) is 18.6. The molecular formula is C14H16N2O3. The van der Waals surface area contributed by atoms with E-state index in [0.717, 1.165) is 5.56 Å². The monoisotopic (exact) mass is 260 g/mol. The van der Waals surface area contributed by atoms with E-state index in [4.69, 9.17) is 4.74 Å². The molecule has 19 heavy (non-hydrogen) atoms. The van der Waals surface area contributed by atoms with Crippen molar-refractivity contribution in [2.24, 2.45) is 0 Å². The van der Waals surface area contributed by atoms with Gasteiger partial charge in [0, 0.05) is 5.70 Å². The molecule has 0 unspecified atom stereocenters. The van der Waals surface area contributed by atoms with Crippen molar-refractivity contribution < 1.29 is 14.3 Å². The third-order valence-corrected chi connectivity index (χ3v) is 2.90. The standard InChI is InChI=1S/C14H16N2O3/c1-3-19-13(17)11-9(2)15-14(18)16-12(11)10-7-5-4-6-8-10/h4-8,12H,3H2,1-2H3,(H2,15,16,18)/t12-/m0/s1. The van der Waals surface area contributed by atoms with Crippen LogP contribution >= 0.6 is 0 Å². The van der Waals surface area contributed by atoms with Gasteiger partial charge in [0.1, 0.15) is 0 Å². The summed E-state index contributed by atoms with van der Waals surface area (Å²) < 4.78 is 5.05. The number of hydrogen-bond acceptors (Lipinski definition) is 3. The van der Waals surface area contributed by atoms with E-state index in [9.17, 15) is 9.59 Å². The van der Waals surface area contributed by atoms with Crippen molar-refractivity contribution in [3.05, 3.63) is 47.2 Å². The van der Waals surface area contributed by atoms with Gasteiger partial charge < -0.3 is 15.4 Å². The molecule has 1 aliphatic rings. The maximum Gasteiger partial charge on any atom is 0.338 e. The lowest BCUT2D eigenvalue weighted by Gasteiger charge is -2.28. The number of urea groups is 1. The van der Waals surface area contributed by atoms with Gasteiger partial charge in [-0.05, 0) is 19.4 Å². The number of benzene rings is 1. The van der Waals surface area contributed by atoms with Crippen molar-refractivity contribution in [1.29, 1.82) is 0 Å². The molecule has 0 fully saturated rings. The van der Waals surface area contributed by atoms with Crippen LogP contribution in [-0.4, -0.2) is 18.6 Å². The SMILES string of the molecule is CCOC(=O)C1=C(C)NC(=O)N[C@H]1c1ccccc1. The lowest BCUT2D eigenvalue weighted by atomic mass is 9.96. The Labute approximate surface area is 111 Å². The maximum absolute atomic E-state index is 12.0. The molecule has 1 heterocycles. The van der Waals surface area contributed by atoms with Crippen LogP contribution in [-0.2, 0) is 9.53 Å². The minimum Gasteiger partial charge on any atom is -0.463 e.